The Bertz CT molecular complexity index is 757. The van der Waals surface area contributed by atoms with Crippen molar-refractivity contribution in [3.05, 3.63) is 35.4 Å². The van der Waals surface area contributed by atoms with Gasteiger partial charge in [-0.3, -0.25) is 14.4 Å². The third-order valence-corrected chi connectivity index (χ3v) is 6.04. The van der Waals surface area contributed by atoms with Gasteiger partial charge in [0.15, 0.2) is 0 Å². The first-order chi connectivity index (χ1) is 13.1. The van der Waals surface area contributed by atoms with E-state index in [0.29, 0.717) is 24.7 Å². The molecule has 2 aliphatic rings. The van der Waals surface area contributed by atoms with Gasteiger partial charge in [0.25, 0.3) is 0 Å². The molecule has 0 bridgehead atoms. The summed E-state index contributed by atoms with van der Waals surface area (Å²) in [5, 5.41) is 2.97. The second kappa shape index (κ2) is 8.15. The van der Waals surface area contributed by atoms with Crippen LogP contribution in [0.25, 0.3) is 0 Å². The van der Waals surface area contributed by atoms with E-state index in [1.807, 2.05) is 52.0 Å². The van der Waals surface area contributed by atoms with E-state index >= 15 is 0 Å². The second-order valence-corrected chi connectivity index (χ2v) is 9.72. The van der Waals surface area contributed by atoms with E-state index in [-0.39, 0.29) is 35.6 Å². The summed E-state index contributed by atoms with van der Waals surface area (Å²) in [5.41, 5.74) is 1.90. The highest BCUT2D eigenvalue weighted by atomic mass is 32.2. The molecule has 2 fully saturated rings. The predicted octanol–water partition coefficient (Wildman–Crippen LogP) is 2.16. The van der Waals surface area contributed by atoms with Crippen molar-refractivity contribution in [2.24, 2.45) is 5.92 Å². The molecule has 28 heavy (non-hydrogen) atoms. The van der Waals surface area contributed by atoms with Crippen LogP contribution in [0.15, 0.2) is 24.3 Å². The quantitative estimate of drug-likeness (QED) is 0.836. The molecular weight excluding hydrogens is 374 g/mol. The van der Waals surface area contributed by atoms with Gasteiger partial charge in [-0.1, -0.05) is 29.8 Å². The summed E-state index contributed by atoms with van der Waals surface area (Å²) in [6.07, 6.45) is 0.222. The maximum absolute atomic E-state index is 13.1. The van der Waals surface area contributed by atoms with Crippen molar-refractivity contribution in [1.29, 1.82) is 0 Å². The Morgan fingerprint density at radius 1 is 1.21 bits per heavy atom. The lowest BCUT2D eigenvalue weighted by Crippen LogP contribution is -2.53. The zero-order valence-electron chi connectivity index (χ0n) is 17.0. The minimum absolute atomic E-state index is 0.00136. The Morgan fingerprint density at radius 2 is 1.89 bits per heavy atom. The molecule has 3 amide bonds. The molecule has 2 heterocycles. The molecule has 1 N–H and O–H groups in total. The van der Waals surface area contributed by atoms with Crippen LogP contribution in [-0.2, 0) is 20.9 Å². The molecule has 2 saturated heterocycles. The van der Waals surface area contributed by atoms with Crippen LogP contribution in [0.5, 0.6) is 0 Å². The van der Waals surface area contributed by atoms with Gasteiger partial charge >= 0.3 is 0 Å². The number of nitrogens with one attached hydrogen (secondary N) is 1. The smallest absolute Gasteiger partial charge is 0.244 e. The average molecular weight is 404 g/mol. The van der Waals surface area contributed by atoms with Gasteiger partial charge in [0.1, 0.15) is 6.04 Å². The van der Waals surface area contributed by atoms with Crippen molar-refractivity contribution in [1.82, 2.24) is 15.1 Å². The van der Waals surface area contributed by atoms with Crippen molar-refractivity contribution in [3.8, 4) is 0 Å². The van der Waals surface area contributed by atoms with E-state index in [1.165, 1.54) is 5.56 Å². The van der Waals surface area contributed by atoms with Gasteiger partial charge in [-0.2, -0.15) is 0 Å². The highest BCUT2D eigenvalue weighted by Crippen LogP contribution is 2.28. The highest BCUT2D eigenvalue weighted by molar-refractivity contribution is 7.99. The van der Waals surface area contributed by atoms with E-state index in [0.717, 1.165) is 5.56 Å². The molecule has 6 nitrogen and oxygen atoms in total. The van der Waals surface area contributed by atoms with Crippen molar-refractivity contribution >= 4 is 29.5 Å². The van der Waals surface area contributed by atoms with Crippen LogP contribution >= 0.6 is 11.8 Å². The third-order valence-electron chi connectivity index (χ3n) is 5.02. The predicted molar refractivity (Wildman–Crippen MR) is 111 cm³/mol. The van der Waals surface area contributed by atoms with Crippen LogP contribution in [0.2, 0.25) is 0 Å². The second-order valence-electron chi connectivity index (χ2n) is 8.72. The molecule has 1 aromatic carbocycles. The maximum Gasteiger partial charge on any atom is 0.244 e. The fourth-order valence-corrected chi connectivity index (χ4v) is 4.73. The van der Waals surface area contributed by atoms with Crippen LogP contribution in [-0.4, -0.2) is 57.3 Å². The molecule has 2 unspecified atom stereocenters. The van der Waals surface area contributed by atoms with E-state index < -0.39 is 6.04 Å². The molecule has 7 heteroatoms. The summed E-state index contributed by atoms with van der Waals surface area (Å²) in [7, 11) is 0. The normalized spacial score (nSPS) is 22.6. The molecule has 2 aliphatic heterocycles. The average Bonchev–Trinajstić information content (AvgIpc) is 3.22. The number of aryl methyl sites for hydroxylation is 1. The first kappa shape index (κ1) is 20.7. The van der Waals surface area contributed by atoms with Gasteiger partial charge in [0.05, 0.1) is 11.8 Å². The SMILES string of the molecule is Cc1ccc(CN2CC(C(=O)N3CSCC3C(=O)NC(C)(C)C)CC2=O)cc1. The monoisotopic (exact) mass is 403 g/mol. The molecule has 0 spiro atoms. The van der Waals surface area contributed by atoms with Gasteiger partial charge in [-0.05, 0) is 33.3 Å². The Kier molecular flexibility index (Phi) is 6.03. The molecule has 0 aliphatic carbocycles. The molecule has 152 valence electrons. The van der Waals surface area contributed by atoms with Crippen molar-refractivity contribution in [3.63, 3.8) is 0 Å². The van der Waals surface area contributed by atoms with Gasteiger partial charge < -0.3 is 15.1 Å². The standard InChI is InChI=1S/C21H29N3O3S/c1-14-5-7-15(8-6-14)10-23-11-16(9-18(23)25)20(27)24-13-28-12-17(24)19(26)22-21(2,3)4/h5-8,16-17H,9-13H2,1-4H3,(H,22,26). The number of nitrogens with zero attached hydrogens (tertiary/aromatic N) is 2. The largest absolute Gasteiger partial charge is 0.350 e. The van der Waals surface area contributed by atoms with Gasteiger partial charge in [-0.15, -0.1) is 11.8 Å². The fraction of sp³-hybridized carbons (Fsp3) is 0.571. The van der Waals surface area contributed by atoms with Crippen molar-refractivity contribution < 1.29 is 14.4 Å². The summed E-state index contributed by atoms with van der Waals surface area (Å²) in [6, 6.07) is 7.62. The topological polar surface area (TPSA) is 69.7 Å². The van der Waals surface area contributed by atoms with Gasteiger partial charge in [0.2, 0.25) is 17.7 Å². The lowest BCUT2D eigenvalue weighted by Gasteiger charge is -2.29. The lowest BCUT2D eigenvalue weighted by atomic mass is 10.1. The summed E-state index contributed by atoms with van der Waals surface area (Å²) >= 11 is 1.58. The maximum atomic E-state index is 13.1. The number of amides is 3. The number of rotatable bonds is 4. The molecule has 0 saturated carbocycles. The highest BCUT2D eigenvalue weighted by Gasteiger charge is 2.42. The number of carbonyl (C=O) groups excluding carboxylic acids is 3. The minimum atomic E-state index is -0.460. The molecular formula is C21H29N3O3S. The minimum Gasteiger partial charge on any atom is -0.350 e. The third kappa shape index (κ3) is 4.87. The van der Waals surface area contributed by atoms with Crippen LogP contribution in [0.4, 0.5) is 0 Å². The molecule has 1 aromatic rings. The van der Waals surface area contributed by atoms with E-state index in [9.17, 15) is 14.4 Å². The van der Waals surface area contributed by atoms with Crippen molar-refractivity contribution in [2.45, 2.75) is 52.2 Å². The number of thioether (sulfide) groups is 1. The Morgan fingerprint density at radius 3 is 2.54 bits per heavy atom. The Labute approximate surface area is 171 Å². The molecule has 3 rings (SSSR count). The summed E-state index contributed by atoms with van der Waals surface area (Å²) in [4.78, 5) is 41.5. The number of carbonyl (C=O) groups is 3. The van der Waals surface area contributed by atoms with Crippen LogP contribution in [0, 0.1) is 12.8 Å². The van der Waals surface area contributed by atoms with Crippen LogP contribution in [0.1, 0.15) is 38.3 Å². The molecule has 2 atom stereocenters. The van der Waals surface area contributed by atoms with Crippen molar-refractivity contribution in [2.75, 3.05) is 18.2 Å². The van der Waals surface area contributed by atoms with E-state index in [2.05, 4.69) is 5.32 Å². The molecule has 0 aromatic heterocycles. The van der Waals surface area contributed by atoms with E-state index in [4.69, 9.17) is 0 Å². The first-order valence-electron chi connectivity index (χ1n) is 9.67. The summed E-state index contributed by atoms with van der Waals surface area (Å²) in [5.74, 6) is 0.527. The van der Waals surface area contributed by atoms with Crippen LogP contribution in [0.3, 0.4) is 0 Å². The van der Waals surface area contributed by atoms with Gasteiger partial charge in [0, 0.05) is 30.8 Å². The zero-order valence-corrected chi connectivity index (χ0v) is 17.8. The lowest BCUT2D eigenvalue weighted by molar-refractivity contribution is -0.141. The summed E-state index contributed by atoms with van der Waals surface area (Å²) in [6.45, 7) is 8.75. The number of hydrogen-bond acceptors (Lipinski definition) is 4. The number of hydrogen-bond donors (Lipinski definition) is 1. The Balaban J connectivity index is 1.63. The van der Waals surface area contributed by atoms with E-state index in [1.54, 1.807) is 21.6 Å². The fourth-order valence-electron chi connectivity index (χ4n) is 3.57. The number of likely N-dealkylation sites (tertiary alicyclic amines) is 1. The zero-order chi connectivity index (χ0) is 20.5. The summed E-state index contributed by atoms with van der Waals surface area (Å²) < 4.78 is 0. The first-order valence-corrected chi connectivity index (χ1v) is 10.8. The molecule has 0 radical (unpaired) electrons. The van der Waals surface area contributed by atoms with Gasteiger partial charge in [-0.25, -0.2) is 0 Å². The number of benzene rings is 1. The van der Waals surface area contributed by atoms with Crippen LogP contribution < -0.4 is 5.32 Å². The Hall–Kier alpha value is -2.02.